The maximum Gasteiger partial charge on any atom is 0.408 e. The second-order valence-corrected chi connectivity index (χ2v) is 16.2. The van der Waals surface area contributed by atoms with Gasteiger partial charge in [-0.25, -0.2) is 19.6 Å². The number of nitrogens with one attached hydrogen (secondary N) is 2. The van der Waals surface area contributed by atoms with Crippen LogP contribution in [0.25, 0.3) is 22.6 Å². The Morgan fingerprint density at radius 3 is 2.19 bits per heavy atom. The number of anilines is 1. The largest absolute Gasteiger partial charge is 0.493 e. The molecule has 306 valence electrons. The number of aromatic nitrogens is 2. The molecule has 2 heterocycles. The van der Waals surface area contributed by atoms with Crippen molar-refractivity contribution in [2.75, 3.05) is 25.6 Å². The minimum Gasteiger partial charge on any atom is -0.493 e. The summed E-state index contributed by atoms with van der Waals surface area (Å²) in [7, 11) is 0. The Labute approximate surface area is 346 Å². The van der Waals surface area contributed by atoms with E-state index in [0.717, 1.165) is 5.56 Å². The monoisotopic (exact) mass is 831 g/mol. The molecule has 0 saturated carbocycles. The SMILES string of the molecule is C[C@H](NC(=O)[C@H](COC(C)(C)C)NC(=O)OC(C)(C)C)C(=O)OCCCOc1ccc(-c2c(C#N)c(N)nc(SCc3coc(-c4ccc(Cl)cc4)n3)c2C#N)cc1. The van der Waals surface area contributed by atoms with Crippen molar-refractivity contribution in [2.24, 2.45) is 0 Å². The van der Waals surface area contributed by atoms with Crippen LogP contribution in [0.4, 0.5) is 10.6 Å². The second-order valence-electron chi connectivity index (χ2n) is 14.8. The van der Waals surface area contributed by atoms with Crippen molar-refractivity contribution >= 4 is 47.2 Å². The molecule has 4 N–H and O–H groups in total. The number of halogens is 1. The first-order valence-corrected chi connectivity index (χ1v) is 19.5. The van der Waals surface area contributed by atoms with Crippen molar-refractivity contribution in [3.05, 3.63) is 76.6 Å². The molecule has 0 saturated heterocycles. The highest BCUT2D eigenvalue weighted by Gasteiger charge is 2.29. The van der Waals surface area contributed by atoms with E-state index < -0.39 is 41.3 Å². The molecule has 15 nitrogen and oxygen atoms in total. The zero-order valence-electron chi connectivity index (χ0n) is 33.3. The summed E-state index contributed by atoms with van der Waals surface area (Å²) < 4.78 is 27.8. The quantitative estimate of drug-likeness (QED) is 0.0577. The van der Waals surface area contributed by atoms with Gasteiger partial charge < -0.3 is 39.7 Å². The zero-order valence-corrected chi connectivity index (χ0v) is 34.9. The normalized spacial score (nSPS) is 12.4. The standard InChI is InChI=1S/C41H46ClN7O8S/c1-24(46-35(50)32(22-56-40(2,3)4)48-39(52)57-41(5,6)7)38(51)54-18-8-17-53-29-15-11-25(12-16-29)33-30(19-43)34(45)49-37(31(33)20-44)58-23-28-21-55-36(47-28)26-9-13-27(42)14-10-26/h9-16,21,24,32H,8,17-18,22-23H2,1-7H3,(H2,45,49)(H,46,50)(H,48,52)/t24-,32-/m0/s1. The lowest BCUT2D eigenvalue weighted by Gasteiger charge is -2.27. The van der Waals surface area contributed by atoms with Crippen LogP contribution in [-0.4, -0.2) is 71.0 Å². The number of hydrogen-bond donors (Lipinski definition) is 3. The van der Waals surface area contributed by atoms with Gasteiger partial charge in [0.15, 0.2) is 0 Å². The Morgan fingerprint density at radius 1 is 0.914 bits per heavy atom. The molecule has 0 aliphatic rings. The summed E-state index contributed by atoms with van der Waals surface area (Å²) in [5.41, 5.74) is 7.37. The first kappa shape index (κ1) is 44.9. The number of nitrogens with zero attached hydrogens (tertiary/aromatic N) is 4. The fourth-order valence-corrected chi connectivity index (χ4v) is 6.03. The van der Waals surface area contributed by atoms with Crippen molar-refractivity contribution in [1.82, 2.24) is 20.6 Å². The maximum absolute atomic E-state index is 13.0. The van der Waals surface area contributed by atoms with Gasteiger partial charge in [0.05, 0.1) is 36.7 Å². The van der Waals surface area contributed by atoms with Crippen LogP contribution in [-0.2, 0) is 29.6 Å². The Kier molecular flexibility index (Phi) is 15.5. The van der Waals surface area contributed by atoms with E-state index in [9.17, 15) is 24.9 Å². The summed E-state index contributed by atoms with van der Waals surface area (Å²) in [5, 5.41) is 26.2. The molecule has 0 unspecified atom stereocenters. The van der Waals surface area contributed by atoms with E-state index >= 15 is 0 Å². The summed E-state index contributed by atoms with van der Waals surface area (Å²) in [4.78, 5) is 47.0. The molecule has 58 heavy (non-hydrogen) atoms. The van der Waals surface area contributed by atoms with Gasteiger partial charge in [0.25, 0.3) is 0 Å². The van der Waals surface area contributed by atoms with Crippen LogP contribution in [0.3, 0.4) is 0 Å². The molecular weight excluding hydrogens is 786 g/mol. The van der Waals surface area contributed by atoms with E-state index in [1.807, 2.05) is 20.8 Å². The van der Waals surface area contributed by atoms with Crippen LogP contribution < -0.4 is 21.1 Å². The number of alkyl carbamates (subject to hydrolysis) is 1. The molecule has 2 aromatic carbocycles. The highest BCUT2D eigenvalue weighted by Crippen LogP contribution is 2.37. The first-order valence-electron chi connectivity index (χ1n) is 18.2. The Morgan fingerprint density at radius 2 is 1.57 bits per heavy atom. The predicted octanol–water partition coefficient (Wildman–Crippen LogP) is 7.20. The van der Waals surface area contributed by atoms with Crippen LogP contribution in [0.1, 0.15) is 71.7 Å². The van der Waals surface area contributed by atoms with Crippen molar-refractivity contribution in [1.29, 1.82) is 10.5 Å². The molecular formula is C41H46ClN7O8S. The average molecular weight is 832 g/mol. The lowest BCUT2D eigenvalue weighted by Crippen LogP contribution is -2.54. The van der Waals surface area contributed by atoms with Gasteiger partial charge in [0.1, 0.15) is 58.2 Å². The lowest BCUT2D eigenvalue weighted by atomic mass is 9.97. The molecule has 2 amide bonds. The topological polar surface area (TPSA) is 225 Å². The van der Waals surface area contributed by atoms with Gasteiger partial charge in [-0.05, 0) is 90.4 Å². The molecule has 0 fully saturated rings. The molecule has 0 aliphatic heterocycles. The van der Waals surface area contributed by atoms with E-state index in [4.69, 9.17) is 40.7 Å². The molecule has 0 bridgehead atoms. The molecule has 2 aromatic heterocycles. The number of rotatable bonds is 16. The molecule has 17 heteroatoms. The van der Waals surface area contributed by atoms with E-state index in [1.54, 1.807) is 69.3 Å². The minimum absolute atomic E-state index is 0.00836. The van der Waals surface area contributed by atoms with Gasteiger partial charge in [-0.1, -0.05) is 35.5 Å². The lowest BCUT2D eigenvalue weighted by molar-refractivity contribution is -0.148. The number of pyridine rings is 1. The molecule has 4 rings (SSSR count). The summed E-state index contributed by atoms with van der Waals surface area (Å²) >= 11 is 7.22. The van der Waals surface area contributed by atoms with Gasteiger partial charge >= 0.3 is 12.1 Å². The molecule has 2 atom stereocenters. The number of esters is 1. The number of nitriles is 2. The molecule has 0 radical (unpaired) electrons. The van der Waals surface area contributed by atoms with Crippen molar-refractivity contribution in [3.8, 4) is 40.5 Å². The summed E-state index contributed by atoms with van der Waals surface area (Å²) in [6.07, 6.45) is 1.06. The highest BCUT2D eigenvalue weighted by molar-refractivity contribution is 7.98. The number of nitrogens with two attached hydrogens (primary N) is 1. The Balaban J connectivity index is 1.31. The fourth-order valence-electron chi connectivity index (χ4n) is 5.04. The van der Waals surface area contributed by atoms with E-state index in [0.29, 0.717) is 50.7 Å². The summed E-state index contributed by atoms with van der Waals surface area (Å²) in [6, 6.07) is 16.0. The van der Waals surface area contributed by atoms with Crippen molar-refractivity contribution in [2.45, 2.75) is 89.0 Å². The average Bonchev–Trinajstić information content (AvgIpc) is 3.63. The molecule has 4 aromatic rings. The smallest absolute Gasteiger partial charge is 0.408 e. The summed E-state index contributed by atoms with van der Waals surface area (Å²) in [6.45, 7) is 12.0. The Hall–Kier alpha value is -5.81. The number of oxazole rings is 1. The third-order valence-electron chi connectivity index (χ3n) is 7.76. The van der Waals surface area contributed by atoms with Gasteiger partial charge in [-0.2, -0.15) is 10.5 Å². The third-order valence-corrected chi connectivity index (χ3v) is 9.02. The predicted molar refractivity (Wildman–Crippen MR) is 218 cm³/mol. The van der Waals surface area contributed by atoms with Crippen LogP contribution in [0.5, 0.6) is 5.75 Å². The summed E-state index contributed by atoms with van der Waals surface area (Å²) in [5.74, 6) is -0.104. The van der Waals surface area contributed by atoms with Gasteiger partial charge in [0, 0.05) is 28.3 Å². The Bertz CT molecular complexity index is 2150. The first-order chi connectivity index (χ1) is 27.4. The van der Waals surface area contributed by atoms with Gasteiger partial charge in [-0.15, -0.1) is 0 Å². The van der Waals surface area contributed by atoms with E-state index in [-0.39, 0.29) is 36.8 Å². The van der Waals surface area contributed by atoms with Crippen LogP contribution >= 0.6 is 23.4 Å². The van der Waals surface area contributed by atoms with Crippen LogP contribution in [0, 0.1) is 22.7 Å². The van der Waals surface area contributed by atoms with Crippen LogP contribution in [0.15, 0.2) is 64.2 Å². The number of carbonyl (C=O) groups excluding carboxylic acids is 3. The van der Waals surface area contributed by atoms with Crippen LogP contribution in [0.2, 0.25) is 5.02 Å². The maximum atomic E-state index is 13.0. The van der Waals surface area contributed by atoms with E-state index in [2.05, 4.69) is 32.7 Å². The molecule has 0 spiro atoms. The number of nitrogen functional groups attached to an aromatic ring is 1. The number of benzene rings is 2. The third kappa shape index (κ3) is 13.4. The number of thioether (sulfide) groups is 1. The van der Waals surface area contributed by atoms with Crippen molar-refractivity contribution < 1.29 is 37.7 Å². The van der Waals surface area contributed by atoms with Crippen molar-refractivity contribution in [3.63, 3.8) is 0 Å². The minimum atomic E-state index is -1.13. The van der Waals surface area contributed by atoms with E-state index in [1.165, 1.54) is 24.9 Å². The van der Waals surface area contributed by atoms with Gasteiger partial charge in [-0.3, -0.25) is 4.79 Å². The number of hydrogen-bond acceptors (Lipinski definition) is 14. The fraction of sp³-hybridized carbons (Fsp3) is 0.390. The molecule has 0 aliphatic carbocycles. The number of ether oxygens (including phenoxy) is 4. The number of carbonyl (C=O) groups is 3. The highest BCUT2D eigenvalue weighted by atomic mass is 35.5. The zero-order chi connectivity index (χ0) is 42.6. The second kappa shape index (κ2) is 20.1. The van der Waals surface area contributed by atoms with Gasteiger partial charge in [0.2, 0.25) is 11.8 Å². The number of amides is 2.